The Bertz CT molecular complexity index is 1430. The van der Waals surface area contributed by atoms with Crippen molar-refractivity contribution in [1.82, 2.24) is 10.2 Å². The molecule has 3 rings (SSSR count). The predicted molar refractivity (Wildman–Crippen MR) is 167 cm³/mol. The summed E-state index contributed by atoms with van der Waals surface area (Å²) in [7, 11) is -3.58. The first-order valence-electron chi connectivity index (χ1n) is 13.9. The largest absolute Gasteiger partial charge is 0.354 e. The van der Waals surface area contributed by atoms with Gasteiger partial charge in [-0.05, 0) is 61.1 Å². The van der Waals surface area contributed by atoms with Gasteiger partial charge in [-0.15, -0.1) is 0 Å². The van der Waals surface area contributed by atoms with E-state index >= 15 is 0 Å². The van der Waals surface area contributed by atoms with Crippen molar-refractivity contribution >= 4 is 39.1 Å². The number of carbonyl (C=O) groups excluding carboxylic acids is 2. The Morgan fingerprint density at radius 2 is 1.66 bits per heavy atom. The van der Waals surface area contributed by atoms with Gasteiger partial charge in [0, 0.05) is 37.5 Å². The van der Waals surface area contributed by atoms with E-state index in [0.717, 1.165) is 28.7 Å². The Labute approximate surface area is 249 Å². The number of carbonyl (C=O) groups is 2. The highest BCUT2D eigenvalue weighted by Gasteiger charge is 2.31. The van der Waals surface area contributed by atoms with Crippen molar-refractivity contribution in [2.24, 2.45) is 0 Å². The van der Waals surface area contributed by atoms with Crippen LogP contribution in [0.2, 0.25) is 5.02 Å². The third-order valence-electron chi connectivity index (χ3n) is 6.90. The molecule has 0 aliphatic rings. The van der Waals surface area contributed by atoms with E-state index in [0.29, 0.717) is 23.7 Å². The number of aryl methyl sites for hydroxylation is 2. The fourth-order valence-corrected chi connectivity index (χ4v) is 5.91. The molecule has 0 saturated carbocycles. The predicted octanol–water partition coefficient (Wildman–Crippen LogP) is 5.67. The van der Waals surface area contributed by atoms with Gasteiger partial charge >= 0.3 is 0 Å². The van der Waals surface area contributed by atoms with Crippen molar-refractivity contribution < 1.29 is 18.0 Å². The maximum Gasteiger partial charge on any atom is 0.243 e. The van der Waals surface area contributed by atoms with E-state index in [4.69, 9.17) is 11.6 Å². The van der Waals surface area contributed by atoms with Crippen LogP contribution in [0.5, 0.6) is 0 Å². The Hall–Kier alpha value is -3.36. The molecule has 0 aliphatic carbocycles. The summed E-state index contributed by atoms with van der Waals surface area (Å²) in [5.74, 6) is -0.476. The zero-order valence-corrected chi connectivity index (χ0v) is 25.8. The van der Waals surface area contributed by atoms with Crippen molar-refractivity contribution in [3.8, 4) is 0 Å². The summed E-state index contributed by atoms with van der Waals surface area (Å²) >= 11 is 6.48. The summed E-state index contributed by atoms with van der Waals surface area (Å²) in [5, 5.41) is 3.47. The van der Waals surface area contributed by atoms with E-state index in [1.807, 2.05) is 87.5 Å². The summed E-state index contributed by atoms with van der Waals surface area (Å²) in [6, 6.07) is 21.8. The second kappa shape index (κ2) is 15.0. The van der Waals surface area contributed by atoms with E-state index < -0.39 is 16.1 Å². The molecular formula is C32H40ClN3O4S. The van der Waals surface area contributed by atoms with Gasteiger partial charge < -0.3 is 10.2 Å². The molecule has 3 aromatic carbocycles. The van der Waals surface area contributed by atoms with E-state index in [2.05, 4.69) is 5.32 Å². The summed E-state index contributed by atoms with van der Waals surface area (Å²) < 4.78 is 26.9. The van der Waals surface area contributed by atoms with Gasteiger partial charge in [0.25, 0.3) is 0 Å². The fourth-order valence-electron chi connectivity index (χ4n) is 4.70. The zero-order chi connectivity index (χ0) is 30.0. The van der Waals surface area contributed by atoms with Gasteiger partial charge in [-0.2, -0.15) is 0 Å². The SMILES string of the molecule is CCCNC(=O)[C@H](Cc1ccccc1)N(Cc1ccccc1Cl)C(=O)CCCN(c1cc(C)ccc1C)S(C)(=O)=O. The molecule has 41 heavy (non-hydrogen) atoms. The van der Waals surface area contributed by atoms with Crippen molar-refractivity contribution in [2.45, 2.75) is 59.0 Å². The third-order valence-corrected chi connectivity index (χ3v) is 8.45. The molecule has 9 heteroatoms. The molecule has 0 spiro atoms. The van der Waals surface area contributed by atoms with Crippen LogP contribution < -0.4 is 9.62 Å². The normalized spacial score (nSPS) is 12.0. The van der Waals surface area contributed by atoms with Gasteiger partial charge in [-0.25, -0.2) is 8.42 Å². The van der Waals surface area contributed by atoms with E-state index in [-0.39, 0.29) is 37.7 Å². The van der Waals surface area contributed by atoms with Gasteiger partial charge in [0.05, 0.1) is 11.9 Å². The highest BCUT2D eigenvalue weighted by molar-refractivity contribution is 7.92. The van der Waals surface area contributed by atoms with Gasteiger partial charge in [0.2, 0.25) is 21.8 Å². The fraction of sp³-hybridized carbons (Fsp3) is 0.375. The first kappa shape index (κ1) is 32.2. The lowest BCUT2D eigenvalue weighted by Crippen LogP contribution is -2.50. The van der Waals surface area contributed by atoms with Crippen LogP contribution in [0.1, 0.15) is 48.4 Å². The van der Waals surface area contributed by atoms with Crippen molar-refractivity contribution in [3.63, 3.8) is 0 Å². The number of hydrogen-bond acceptors (Lipinski definition) is 4. The van der Waals surface area contributed by atoms with Crippen LogP contribution in [0, 0.1) is 13.8 Å². The van der Waals surface area contributed by atoms with Crippen LogP contribution >= 0.6 is 11.6 Å². The molecule has 3 aromatic rings. The van der Waals surface area contributed by atoms with Crippen LogP contribution in [0.3, 0.4) is 0 Å². The van der Waals surface area contributed by atoms with Gasteiger partial charge in [-0.1, -0.05) is 79.2 Å². The second-order valence-corrected chi connectivity index (χ2v) is 12.7. The molecular weight excluding hydrogens is 558 g/mol. The number of anilines is 1. The second-order valence-electron chi connectivity index (χ2n) is 10.3. The van der Waals surface area contributed by atoms with Crippen LogP contribution in [0.4, 0.5) is 5.69 Å². The summed E-state index contributed by atoms with van der Waals surface area (Å²) in [5.41, 5.74) is 4.05. The highest BCUT2D eigenvalue weighted by Crippen LogP contribution is 2.25. The monoisotopic (exact) mass is 597 g/mol. The highest BCUT2D eigenvalue weighted by atomic mass is 35.5. The minimum Gasteiger partial charge on any atom is -0.354 e. The first-order valence-corrected chi connectivity index (χ1v) is 16.1. The number of amides is 2. The first-order chi connectivity index (χ1) is 19.5. The van der Waals surface area contributed by atoms with Crippen LogP contribution in [0.25, 0.3) is 0 Å². The van der Waals surface area contributed by atoms with E-state index in [9.17, 15) is 18.0 Å². The molecule has 1 N–H and O–H groups in total. The van der Waals surface area contributed by atoms with E-state index in [1.165, 1.54) is 10.6 Å². The molecule has 0 bridgehead atoms. The molecule has 0 unspecified atom stereocenters. The minimum atomic E-state index is -3.58. The number of sulfonamides is 1. The summed E-state index contributed by atoms with van der Waals surface area (Å²) in [6.45, 7) is 6.55. The molecule has 0 fully saturated rings. The van der Waals surface area contributed by atoms with Crippen LogP contribution in [-0.4, -0.2) is 50.5 Å². The number of rotatable bonds is 14. The Morgan fingerprint density at radius 1 is 0.976 bits per heavy atom. The quantitative estimate of drug-likeness (QED) is 0.259. The average Bonchev–Trinajstić information content (AvgIpc) is 2.94. The number of nitrogens with one attached hydrogen (secondary N) is 1. The molecule has 0 aliphatic heterocycles. The smallest absolute Gasteiger partial charge is 0.243 e. The van der Waals surface area contributed by atoms with Gasteiger partial charge in [-0.3, -0.25) is 13.9 Å². The van der Waals surface area contributed by atoms with Gasteiger partial charge in [0.15, 0.2) is 0 Å². The Kier molecular flexibility index (Phi) is 11.8. The maximum atomic E-state index is 13.9. The lowest BCUT2D eigenvalue weighted by molar-refractivity contribution is -0.141. The van der Waals surface area contributed by atoms with Crippen LogP contribution in [0.15, 0.2) is 72.8 Å². The maximum absolute atomic E-state index is 13.9. The molecule has 0 aromatic heterocycles. The van der Waals surface area contributed by atoms with E-state index in [1.54, 1.807) is 11.0 Å². The van der Waals surface area contributed by atoms with Crippen LogP contribution in [-0.2, 0) is 32.6 Å². The number of nitrogens with zero attached hydrogens (tertiary/aromatic N) is 2. The molecule has 0 heterocycles. The molecule has 7 nitrogen and oxygen atoms in total. The zero-order valence-electron chi connectivity index (χ0n) is 24.3. The molecule has 2 amide bonds. The third kappa shape index (κ3) is 9.33. The van der Waals surface area contributed by atoms with Gasteiger partial charge in [0.1, 0.15) is 6.04 Å². The molecule has 0 radical (unpaired) electrons. The van der Waals surface area contributed by atoms with Crippen molar-refractivity contribution in [1.29, 1.82) is 0 Å². The number of benzene rings is 3. The summed E-state index contributed by atoms with van der Waals surface area (Å²) in [4.78, 5) is 28.9. The molecule has 220 valence electrons. The Morgan fingerprint density at radius 3 is 2.32 bits per heavy atom. The van der Waals surface area contributed by atoms with Crippen molar-refractivity contribution in [2.75, 3.05) is 23.7 Å². The Balaban J connectivity index is 1.90. The number of hydrogen-bond donors (Lipinski definition) is 1. The lowest BCUT2D eigenvalue weighted by atomic mass is 10.0. The minimum absolute atomic E-state index is 0.0632. The average molecular weight is 598 g/mol. The number of halogens is 1. The molecule has 0 saturated heterocycles. The lowest BCUT2D eigenvalue weighted by Gasteiger charge is -2.32. The van der Waals surface area contributed by atoms with Crippen molar-refractivity contribution in [3.05, 3.63) is 100 Å². The standard InChI is InChI=1S/C32H40ClN3O4S/c1-5-19-34-32(38)30(22-26-12-7-6-8-13-26)35(23-27-14-9-10-15-28(27)33)31(37)16-11-20-36(41(4,39)40)29-21-24(2)17-18-25(29)3/h6-10,12-15,17-18,21,30H,5,11,16,19-20,22-23H2,1-4H3,(H,34,38)/t30-/m0/s1. The summed E-state index contributed by atoms with van der Waals surface area (Å²) in [6.07, 6.45) is 2.63. The molecule has 1 atom stereocenters. The topological polar surface area (TPSA) is 86.8 Å².